The number of anilines is 3. The molecule has 0 unspecified atom stereocenters. The molecule has 0 aliphatic carbocycles. The second-order valence-corrected chi connectivity index (χ2v) is 5.96. The topological polar surface area (TPSA) is 104 Å². The van der Waals surface area contributed by atoms with Crippen molar-refractivity contribution in [2.45, 2.75) is 6.92 Å². The van der Waals surface area contributed by atoms with Gasteiger partial charge in [-0.25, -0.2) is 4.39 Å². The summed E-state index contributed by atoms with van der Waals surface area (Å²) in [7, 11) is 0. The monoisotopic (exact) mass is 369 g/mol. The highest BCUT2D eigenvalue weighted by Gasteiger charge is 2.19. The van der Waals surface area contributed by atoms with E-state index in [1.165, 1.54) is 18.2 Å². The average Bonchev–Trinajstić information content (AvgIpc) is 3.03. The number of nitrogens with zero attached hydrogens (tertiary/aromatic N) is 3. The zero-order valence-corrected chi connectivity index (χ0v) is 14.4. The van der Waals surface area contributed by atoms with Crippen molar-refractivity contribution in [1.82, 2.24) is 14.8 Å². The number of rotatable bonds is 3. The third kappa shape index (κ3) is 3.26. The Labute approximate surface area is 153 Å². The van der Waals surface area contributed by atoms with Crippen LogP contribution in [0, 0.1) is 12.7 Å². The minimum atomic E-state index is -0.484. The van der Waals surface area contributed by atoms with E-state index in [1.807, 2.05) is 0 Å². The molecule has 0 saturated heterocycles. The number of nitrogens with two attached hydrogens (primary N) is 1. The van der Waals surface area contributed by atoms with Gasteiger partial charge in [-0.3, -0.25) is 4.79 Å². The fourth-order valence-corrected chi connectivity index (χ4v) is 2.70. The molecule has 1 aliphatic rings. The van der Waals surface area contributed by atoms with Crippen LogP contribution in [0.5, 0.6) is 11.5 Å². The van der Waals surface area contributed by atoms with Gasteiger partial charge in [-0.15, -0.1) is 5.10 Å². The zero-order valence-electron chi connectivity index (χ0n) is 14.4. The smallest absolute Gasteiger partial charge is 0.281 e. The molecule has 3 N–H and O–H groups in total. The van der Waals surface area contributed by atoms with Crippen LogP contribution in [0.3, 0.4) is 0 Å². The Bertz CT molecular complexity index is 1030. The maximum Gasteiger partial charge on any atom is 0.281 e. The van der Waals surface area contributed by atoms with Gasteiger partial charge in [0.15, 0.2) is 11.5 Å². The van der Waals surface area contributed by atoms with Crippen LogP contribution in [0.2, 0.25) is 0 Å². The quantitative estimate of drug-likeness (QED) is 0.731. The summed E-state index contributed by atoms with van der Waals surface area (Å²) in [5, 5.41) is 6.94. The summed E-state index contributed by atoms with van der Waals surface area (Å²) in [6.45, 7) is 2.54. The van der Waals surface area contributed by atoms with E-state index < -0.39 is 5.91 Å². The molecular weight excluding hydrogens is 353 g/mol. The summed E-state index contributed by atoms with van der Waals surface area (Å²) < 4.78 is 25.5. The molecule has 2 aromatic carbocycles. The highest BCUT2D eigenvalue weighted by Crippen LogP contribution is 2.33. The van der Waals surface area contributed by atoms with E-state index in [2.05, 4.69) is 15.4 Å². The number of carbonyl (C=O) groups is 1. The van der Waals surface area contributed by atoms with Crippen LogP contribution in [-0.2, 0) is 0 Å². The molecule has 0 atom stereocenters. The molecule has 0 spiro atoms. The number of halogens is 1. The van der Waals surface area contributed by atoms with Gasteiger partial charge in [0.2, 0.25) is 11.9 Å². The Hall–Kier alpha value is -3.62. The van der Waals surface area contributed by atoms with Crippen molar-refractivity contribution in [3.8, 4) is 11.5 Å². The van der Waals surface area contributed by atoms with E-state index in [0.29, 0.717) is 36.0 Å². The van der Waals surface area contributed by atoms with Crippen LogP contribution >= 0.6 is 0 Å². The number of fused-ring (bicyclic) bond motifs is 1. The molecule has 8 nitrogen and oxygen atoms in total. The number of aryl methyl sites for hydroxylation is 1. The first-order valence-corrected chi connectivity index (χ1v) is 8.21. The lowest BCUT2D eigenvalue weighted by Crippen LogP contribution is -2.17. The Kier molecular flexibility index (Phi) is 4.11. The van der Waals surface area contributed by atoms with E-state index in [1.54, 1.807) is 25.1 Å². The van der Waals surface area contributed by atoms with Crippen LogP contribution < -0.4 is 20.5 Å². The normalized spacial score (nSPS) is 12.7. The summed E-state index contributed by atoms with van der Waals surface area (Å²) in [6, 6.07) is 9.31. The minimum Gasteiger partial charge on any atom is -0.486 e. The standard InChI is InChI=1S/C18H16FN5O3/c1-10-8-11(2-4-13(10)19)16(25)24-18(22-17(20)23-24)21-12-3-5-14-15(9-12)27-7-6-26-14/h2-5,8-9H,6-7H2,1H3,(H3,20,21,22,23). The molecule has 1 aromatic heterocycles. The van der Waals surface area contributed by atoms with E-state index in [4.69, 9.17) is 15.2 Å². The molecular formula is C18H16FN5O3. The molecule has 2 heterocycles. The number of nitrogens with one attached hydrogen (secondary N) is 1. The molecule has 1 aliphatic heterocycles. The maximum atomic E-state index is 13.5. The van der Waals surface area contributed by atoms with Crippen LogP contribution in [-0.4, -0.2) is 33.9 Å². The summed E-state index contributed by atoms with van der Waals surface area (Å²) in [5.74, 6) is 0.427. The van der Waals surface area contributed by atoms with Crippen LogP contribution in [0.25, 0.3) is 0 Å². The highest BCUT2D eigenvalue weighted by molar-refractivity contribution is 5.97. The number of benzene rings is 2. The summed E-state index contributed by atoms with van der Waals surface area (Å²) in [6.07, 6.45) is 0. The molecule has 4 rings (SSSR count). The predicted molar refractivity (Wildman–Crippen MR) is 96.0 cm³/mol. The Morgan fingerprint density at radius 2 is 1.96 bits per heavy atom. The molecule has 0 bridgehead atoms. The number of hydrogen-bond acceptors (Lipinski definition) is 7. The first-order chi connectivity index (χ1) is 13.0. The number of nitrogen functional groups attached to an aromatic ring is 1. The van der Waals surface area contributed by atoms with E-state index in [0.717, 1.165) is 4.68 Å². The number of aromatic nitrogens is 3. The lowest BCUT2D eigenvalue weighted by Gasteiger charge is -2.19. The van der Waals surface area contributed by atoms with Gasteiger partial charge in [0.25, 0.3) is 5.91 Å². The van der Waals surface area contributed by atoms with Crippen molar-refractivity contribution in [3.63, 3.8) is 0 Å². The van der Waals surface area contributed by atoms with Gasteiger partial charge in [-0.05, 0) is 42.8 Å². The van der Waals surface area contributed by atoms with E-state index in [-0.39, 0.29) is 23.3 Å². The van der Waals surface area contributed by atoms with Crippen molar-refractivity contribution >= 4 is 23.5 Å². The first kappa shape index (κ1) is 16.8. The van der Waals surface area contributed by atoms with Crippen molar-refractivity contribution in [1.29, 1.82) is 0 Å². The summed E-state index contributed by atoms with van der Waals surface area (Å²) in [4.78, 5) is 16.8. The first-order valence-electron chi connectivity index (χ1n) is 8.21. The second kappa shape index (κ2) is 6.60. The molecule has 0 radical (unpaired) electrons. The number of carbonyl (C=O) groups excluding carboxylic acids is 1. The Morgan fingerprint density at radius 1 is 1.19 bits per heavy atom. The summed E-state index contributed by atoms with van der Waals surface area (Å²) >= 11 is 0. The second-order valence-electron chi connectivity index (χ2n) is 5.96. The fraction of sp³-hybridized carbons (Fsp3) is 0.167. The predicted octanol–water partition coefficient (Wildman–Crippen LogP) is 2.51. The molecule has 0 fully saturated rings. The minimum absolute atomic E-state index is 0.0674. The van der Waals surface area contributed by atoms with Gasteiger partial charge in [0, 0.05) is 17.3 Å². The van der Waals surface area contributed by atoms with E-state index in [9.17, 15) is 9.18 Å². The average molecular weight is 369 g/mol. The van der Waals surface area contributed by atoms with Gasteiger partial charge in [0.1, 0.15) is 19.0 Å². The third-order valence-electron chi connectivity index (χ3n) is 4.02. The van der Waals surface area contributed by atoms with Crippen molar-refractivity contribution in [3.05, 3.63) is 53.3 Å². The third-order valence-corrected chi connectivity index (χ3v) is 4.02. The van der Waals surface area contributed by atoms with Crippen LogP contribution in [0.15, 0.2) is 36.4 Å². The molecule has 138 valence electrons. The van der Waals surface area contributed by atoms with Crippen LogP contribution in [0.4, 0.5) is 22.0 Å². The molecule has 0 saturated carbocycles. The largest absolute Gasteiger partial charge is 0.486 e. The van der Waals surface area contributed by atoms with E-state index >= 15 is 0 Å². The van der Waals surface area contributed by atoms with Gasteiger partial charge < -0.3 is 20.5 Å². The number of ether oxygens (including phenoxy) is 2. The lowest BCUT2D eigenvalue weighted by atomic mass is 10.1. The zero-order chi connectivity index (χ0) is 19.0. The van der Waals surface area contributed by atoms with Crippen molar-refractivity contribution in [2.75, 3.05) is 24.3 Å². The molecule has 9 heteroatoms. The molecule has 3 aromatic rings. The lowest BCUT2D eigenvalue weighted by molar-refractivity contribution is 0.0947. The maximum absolute atomic E-state index is 13.5. The summed E-state index contributed by atoms with van der Waals surface area (Å²) in [5.41, 5.74) is 6.92. The van der Waals surface area contributed by atoms with Crippen molar-refractivity contribution in [2.24, 2.45) is 0 Å². The van der Waals surface area contributed by atoms with Crippen molar-refractivity contribution < 1.29 is 18.7 Å². The molecule has 27 heavy (non-hydrogen) atoms. The number of hydrogen-bond donors (Lipinski definition) is 2. The fourth-order valence-electron chi connectivity index (χ4n) is 2.70. The Morgan fingerprint density at radius 3 is 2.74 bits per heavy atom. The Balaban J connectivity index is 1.65. The van der Waals surface area contributed by atoms with Gasteiger partial charge in [0.05, 0.1) is 0 Å². The van der Waals surface area contributed by atoms with Crippen LogP contribution in [0.1, 0.15) is 15.9 Å². The molecule has 0 amide bonds. The highest BCUT2D eigenvalue weighted by atomic mass is 19.1. The SMILES string of the molecule is Cc1cc(C(=O)n2nc(N)nc2Nc2ccc3c(c2)OCCO3)ccc1F. The van der Waals surface area contributed by atoms with Gasteiger partial charge in [-0.1, -0.05) is 0 Å². The van der Waals surface area contributed by atoms with Gasteiger partial charge >= 0.3 is 0 Å². The van der Waals surface area contributed by atoms with Gasteiger partial charge in [-0.2, -0.15) is 9.67 Å².